The van der Waals surface area contributed by atoms with Crippen LogP contribution in [0.1, 0.15) is 19.3 Å². The van der Waals surface area contributed by atoms with Gasteiger partial charge in [-0.15, -0.1) is 5.10 Å². The Morgan fingerprint density at radius 1 is 1.41 bits per heavy atom. The van der Waals surface area contributed by atoms with E-state index in [1.165, 1.54) is 0 Å². The van der Waals surface area contributed by atoms with Crippen molar-refractivity contribution < 1.29 is 9.21 Å². The summed E-state index contributed by atoms with van der Waals surface area (Å²) >= 11 is 5.22. The molecule has 1 amide bonds. The van der Waals surface area contributed by atoms with E-state index in [1.807, 2.05) is 4.90 Å². The summed E-state index contributed by atoms with van der Waals surface area (Å²) in [6, 6.07) is 3.34. The van der Waals surface area contributed by atoms with Crippen molar-refractivity contribution >= 4 is 18.1 Å². The van der Waals surface area contributed by atoms with Crippen LogP contribution in [0.15, 0.2) is 28.9 Å². The standard InChI is InChI=1S/C14H17N5O2S/c15-12(20)11-3-1-2-8-18(11)9-19-14(22)21-13(17-19)10-4-6-16-7-5-10/h4-7,11H,1-3,8-9H2,(H2,15,20)/t11-/m1/s1. The molecule has 0 bridgehead atoms. The number of piperidine rings is 1. The van der Waals surface area contributed by atoms with Crippen molar-refractivity contribution in [3.63, 3.8) is 0 Å². The zero-order chi connectivity index (χ0) is 15.5. The van der Waals surface area contributed by atoms with Crippen molar-refractivity contribution in [3.05, 3.63) is 29.4 Å². The first-order chi connectivity index (χ1) is 10.6. The molecule has 1 fully saturated rings. The Morgan fingerprint density at radius 3 is 2.91 bits per heavy atom. The van der Waals surface area contributed by atoms with Crippen LogP contribution < -0.4 is 5.73 Å². The number of amides is 1. The molecule has 1 aliphatic rings. The Balaban J connectivity index is 1.82. The lowest BCUT2D eigenvalue weighted by Gasteiger charge is -2.32. The molecule has 116 valence electrons. The van der Waals surface area contributed by atoms with E-state index in [0.717, 1.165) is 31.4 Å². The van der Waals surface area contributed by atoms with Crippen LogP contribution in [0.25, 0.3) is 11.5 Å². The van der Waals surface area contributed by atoms with Crippen molar-refractivity contribution in [2.45, 2.75) is 32.0 Å². The van der Waals surface area contributed by atoms with Crippen LogP contribution in [0.2, 0.25) is 0 Å². The van der Waals surface area contributed by atoms with Gasteiger partial charge in [-0.2, -0.15) is 0 Å². The number of hydrogen-bond donors (Lipinski definition) is 1. The van der Waals surface area contributed by atoms with Crippen LogP contribution in [0, 0.1) is 4.84 Å². The second-order valence-corrected chi connectivity index (χ2v) is 5.63. The van der Waals surface area contributed by atoms with Gasteiger partial charge in [0, 0.05) is 24.5 Å². The average Bonchev–Trinajstić information content (AvgIpc) is 2.90. The van der Waals surface area contributed by atoms with E-state index < -0.39 is 0 Å². The quantitative estimate of drug-likeness (QED) is 0.860. The zero-order valence-electron chi connectivity index (χ0n) is 12.0. The maximum atomic E-state index is 11.6. The molecular weight excluding hydrogens is 302 g/mol. The van der Waals surface area contributed by atoms with Gasteiger partial charge in [-0.3, -0.25) is 14.7 Å². The first-order valence-corrected chi connectivity index (χ1v) is 7.57. The minimum Gasteiger partial charge on any atom is -0.409 e. The highest BCUT2D eigenvalue weighted by molar-refractivity contribution is 7.71. The van der Waals surface area contributed by atoms with Gasteiger partial charge in [0.1, 0.15) is 0 Å². The summed E-state index contributed by atoms with van der Waals surface area (Å²) in [6.45, 7) is 1.20. The molecule has 8 heteroatoms. The summed E-state index contributed by atoms with van der Waals surface area (Å²) in [4.78, 5) is 17.8. The number of pyridine rings is 1. The molecule has 0 aromatic carbocycles. The topological polar surface area (TPSA) is 90.2 Å². The molecule has 3 rings (SSSR count). The van der Waals surface area contributed by atoms with Gasteiger partial charge in [-0.05, 0) is 37.2 Å². The highest BCUT2D eigenvalue weighted by Gasteiger charge is 2.27. The molecule has 2 aromatic heterocycles. The lowest BCUT2D eigenvalue weighted by molar-refractivity contribution is -0.125. The van der Waals surface area contributed by atoms with Gasteiger partial charge >= 0.3 is 0 Å². The number of likely N-dealkylation sites (tertiary alicyclic amines) is 1. The first-order valence-electron chi connectivity index (χ1n) is 7.17. The Labute approximate surface area is 132 Å². The second-order valence-electron chi connectivity index (χ2n) is 5.28. The van der Waals surface area contributed by atoms with Crippen LogP contribution in [0.3, 0.4) is 0 Å². The van der Waals surface area contributed by atoms with Crippen LogP contribution in [0.4, 0.5) is 0 Å². The van der Waals surface area contributed by atoms with E-state index in [1.54, 1.807) is 29.2 Å². The Hall–Kier alpha value is -2.06. The van der Waals surface area contributed by atoms with E-state index in [0.29, 0.717) is 12.6 Å². The molecule has 1 aliphatic heterocycles. The summed E-state index contributed by atoms with van der Waals surface area (Å²) in [6.07, 6.45) is 6.15. The Bertz CT molecular complexity index is 712. The minimum absolute atomic E-state index is 0.267. The Kier molecular flexibility index (Phi) is 4.30. The summed E-state index contributed by atoms with van der Waals surface area (Å²) in [5, 5.41) is 4.39. The number of rotatable bonds is 4. The van der Waals surface area contributed by atoms with Crippen molar-refractivity contribution in [1.29, 1.82) is 0 Å². The average molecular weight is 319 g/mol. The van der Waals surface area contributed by atoms with Gasteiger partial charge < -0.3 is 10.2 Å². The molecule has 0 saturated carbocycles. The van der Waals surface area contributed by atoms with E-state index >= 15 is 0 Å². The van der Waals surface area contributed by atoms with E-state index in [4.69, 9.17) is 22.4 Å². The molecule has 1 saturated heterocycles. The molecule has 0 aliphatic carbocycles. The predicted molar refractivity (Wildman–Crippen MR) is 82.1 cm³/mol. The minimum atomic E-state index is -0.302. The van der Waals surface area contributed by atoms with Gasteiger partial charge in [0.05, 0.1) is 12.7 Å². The van der Waals surface area contributed by atoms with Crippen LogP contribution in [0.5, 0.6) is 0 Å². The van der Waals surface area contributed by atoms with Gasteiger partial charge in [0.25, 0.3) is 4.84 Å². The number of carbonyl (C=O) groups excluding carboxylic acids is 1. The largest absolute Gasteiger partial charge is 0.409 e. The zero-order valence-corrected chi connectivity index (χ0v) is 12.8. The molecular formula is C14H17N5O2S. The van der Waals surface area contributed by atoms with Crippen LogP contribution in [-0.2, 0) is 11.5 Å². The third-order valence-electron chi connectivity index (χ3n) is 3.79. The first kappa shape index (κ1) is 14.9. The number of primary amides is 1. The van der Waals surface area contributed by atoms with Crippen molar-refractivity contribution in [3.8, 4) is 11.5 Å². The maximum absolute atomic E-state index is 11.6. The fraction of sp³-hybridized carbons (Fsp3) is 0.429. The van der Waals surface area contributed by atoms with Crippen LogP contribution in [-0.4, -0.2) is 38.2 Å². The predicted octanol–water partition coefficient (Wildman–Crippen LogP) is 1.56. The lowest BCUT2D eigenvalue weighted by Crippen LogP contribution is -2.48. The molecule has 0 unspecified atom stereocenters. The number of nitrogens with zero attached hydrogens (tertiary/aromatic N) is 4. The smallest absolute Gasteiger partial charge is 0.288 e. The number of carbonyl (C=O) groups is 1. The highest BCUT2D eigenvalue weighted by Crippen LogP contribution is 2.20. The Morgan fingerprint density at radius 2 is 2.18 bits per heavy atom. The third kappa shape index (κ3) is 3.07. The van der Waals surface area contributed by atoms with E-state index in [-0.39, 0.29) is 16.8 Å². The molecule has 2 N–H and O–H groups in total. The lowest BCUT2D eigenvalue weighted by atomic mass is 10.0. The van der Waals surface area contributed by atoms with Gasteiger partial charge in [-0.1, -0.05) is 6.42 Å². The van der Waals surface area contributed by atoms with Crippen molar-refractivity contribution in [2.24, 2.45) is 5.73 Å². The van der Waals surface area contributed by atoms with Gasteiger partial charge in [-0.25, -0.2) is 4.68 Å². The van der Waals surface area contributed by atoms with E-state index in [9.17, 15) is 4.79 Å². The highest BCUT2D eigenvalue weighted by atomic mass is 32.1. The van der Waals surface area contributed by atoms with E-state index in [2.05, 4.69) is 10.1 Å². The van der Waals surface area contributed by atoms with Gasteiger partial charge in [0.15, 0.2) is 0 Å². The number of hydrogen-bond acceptors (Lipinski definition) is 6. The fourth-order valence-corrected chi connectivity index (χ4v) is 2.84. The normalized spacial score (nSPS) is 19.2. The third-order valence-corrected chi connectivity index (χ3v) is 4.09. The molecule has 7 nitrogen and oxygen atoms in total. The molecule has 3 heterocycles. The number of nitrogens with two attached hydrogens (primary N) is 1. The molecule has 2 aromatic rings. The van der Waals surface area contributed by atoms with Crippen molar-refractivity contribution in [1.82, 2.24) is 19.7 Å². The van der Waals surface area contributed by atoms with Crippen molar-refractivity contribution in [2.75, 3.05) is 6.54 Å². The second kappa shape index (κ2) is 6.37. The monoisotopic (exact) mass is 319 g/mol. The molecule has 22 heavy (non-hydrogen) atoms. The molecule has 0 spiro atoms. The molecule has 1 atom stereocenters. The SMILES string of the molecule is NC(=O)[C@H]1CCCCN1Cn1nc(-c2ccncc2)oc1=S. The summed E-state index contributed by atoms with van der Waals surface area (Å²) in [7, 11) is 0. The molecule has 0 radical (unpaired) electrons. The summed E-state index contributed by atoms with van der Waals surface area (Å²) in [5.74, 6) is 0.143. The van der Waals surface area contributed by atoms with Crippen LogP contribution >= 0.6 is 12.2 Å². The fourth-order valence-electron chi connectivity index (χ4n) is 2.66. The number of aromatic nitrogens is 3. The summed E-state index contributed by atoms with van der Waals surface area (Å²) in [5.41, 5.74) is 6.29. The summed E-state index contributed by atoms with van der Waals surface area (Å²) < 4.78 is 7.12. The van der Waals surface area contributed by atoms with Gasteiger partial charge in [0.2, 0.25) is 11.8 Å². The maximum Gasteiger partial charge on any atom is 0.288 e.